The van der Waals surface area contributed by atoms with Crippen LogP contribution in [-0.4, -0.2) is 43.0 Å². The second-order valence-corrected chi connectivity index (χ2v) is 6.42. The molecule has 6 nitrogen and oxygen atoms in total. The minimum atomic E-state index is -0.196. The van der Waals surface area contributed by atoms with Crippen molar-refractivity contribution in [3.05, 3.63) is 65.5 Å². The van der Waals surface area contributed by atoms with Crippen LogP contribution in [0.3, 0.4) is 0 Å². The molecule has 0 spiro atoms. The van der Waals surface area contributed by atoms with Crippen molar-refractivity contribution in [2.24, 2.45) is 0 Å². The molecule has 1 fully saturated rings. The first-order valence-corrected chi connectivity index (χ1v) is 9.01. The number of carbonyl (C=O) groups excluding carboxylic acids is 2. The lowest BCUT2D eigenvalue weighted by Crippen LogP contribution is -2.34. The lowest BCUT2D eigenvalue weighted by molar-refractivity contribution is 0.0927. The van der Waals surface area contributed by atoms with E-state index in [2.05, 4.69) is 20.9 Å². The zero-order valence-corrected chi connectivity index (χ0v) is 14.7. The zero-order chi connectivity index (χ0) is 18.2. The van der Waals surface area contributed by atoms with Gasteiger partial charge in [0.15, 0.2) is 0 Å². The van der Waals surface area contributed by atoms with Gasteiger partial charge in [0, 0.05) is 37.6 Å². The molecule has 1 aliphatic heterocycles. The summed E-state index contributed by atoms with van der Waals surface area (Å²) >= 11 is 0. The van der Waals surface area contributed by atoms with E-state index in [1.807, 2.05) is 24.3 Å². The summed E-state index contributed by atoms with van der Waals surface area (Å²) in [6.07, 6.45) is 5.51. The quantitative estimate of drug-likeness (QED) is 0.691. The van der Waals surface area contributed by atoms with Crippen LogP contribution in [0.15, 0.2) is 48.8 Å². The lowest BCUT2D eigenvalue weighted by atomic mass is 9.91. The summed E-state index contributed by atoms with van der Waals surface area (Å²) in [6.45, 7) is 2.83. The van der Waals surface area contributed by atoms with E-state index in [-0.39, 0.29) is 11.8 Å². The van der Waals surface area contributed by atoms with Crippen LogP contribution in [0.5, 0.6) is 0 Å². The van der Waals surface area contributed by atoms with Crippen LogP contribution in [0, 0.1) is 0 Å². The second kappa shape index (κ2) is 9.10. The van der Waals surface area contributed by atoms with Crippen molar-refractivity contribution in [1.29, 1.82) is 0 Å². The molecule has 136 valence electrons. The molecule has 1 saturated heterocycles. The van der Waals surface area contributed by atoms with Crippen molar-refractivity contribution in [1.82, 2.24) is 20.9 Å². The van der Waals surface area contributed by atoms with E-state index in [1.54, 1.807) is 18.3 Å². The molecule has 0 bridgehead atoms. The van der Waals surface area contributed by atoms with Gasteiger partial charge in [-0.1, -0.05) is 12.1 Å². The Hall–Kier alpha value is -2.73. The Morgan fingerprint density at radius 2 is 1.77 bits per heavy atom. The minimum Gasteiger partial charge on any atom is -0.350 e. The molecule has 2 aromatic rings. The lowest BCUT2D eigenvalue weighted by Gasteiger charge is -2.23. The third-order valence-corrected chi connectivity index (χ3v) is 4.56. The Kier molecular flexibility index (Phi) is 6.33. The van der Waals surface area contributed by atoms with Crippen molar-refractivity contribution < 1.29 is 9.59 Å². The molecular formula is C20H24N4O2. The molecule has 1 unspecified atom stereocenters. The van der Waals surface area contributed by atoms with Gasteiger partial charge in [-0.2, -0.15) is 0 Å². The smallest absolute Gasteiger partial charge is 0.252 e. The van der Waals surface area contributed by atoms with Gasteiger partial charge >= 0.3 is 0 Å². The maximum atomic E-state index is 12.2. The van der Waals surface area contributed by atoms with Gasteiger partial charge in [-0.05, 0) is 55.1 Å². The summed E-state index contributed by atoms with van der Waals surface area (Å²) < 4.78 is 0. The Morgan fingerprint density at radius 3 is 2.38 bits per heavy atom. The van der Waals surface area contributed by atoms with Crippen LogP contribution in [0.4, 0.5) is 0 Å². The van der Waals surface area contributed by atoms with Crippen LogP contribution < -0.4 is 16.0 Å². The Balaban J connectivity index is 1.42. The number of rotatable bonds is 6. The molecule has 26 heavy (non-hydrogen) atoms. The van der Waals surface area contributed by atoms with Gasteiger partial charge in [-0.25, -0.2) is 0 Å². The van der Waals surface area contributed by atoms with Crippen molar-refractivity contribution in [2.45, 2.75) is 18.8 Å². The zero-order valence-electron chi connectivity index (χ0n) is 14.7. The monoisotopic (exact) mass is 352 g/mol. The standard InChI is InChI=1S/C20H24N4O2/c25-19(23-11-12-24-20(26)18-4-2-10-22-14-18)16-7-5-15(6-8-16)17-3-1-9-21-13-17/h2,4-8,10,14,17,21H,1,3,9,11-13H2,(H,23,25)(H,24,26). The summed E-state index contributed by atoms with van der Waals surface area (Å²) in [5.74, 6) is 0.204. The summed E-state index contributed by atoms with van der Waals surface area (Å²) in [7, 11) is 0. The Labute approximate surface area is 153 Å². The average molecular weight is 352 g/mol. The average Bonchev–Trinajstić information content (AvgIpc) is 2.72. The highest BCUT2D eigenvalue weighted by molar-refractivity contribution is 5.95. The van der Waals surface area contributed by atoms with E-state index < -0.39 is 0 Å². The second-order valence-electron chi connectivity index (χ2n) is 6.42. The Morgan fingerprint density at radius 1 is 1.04 bits per heavy atom. The van der Waals surface area contributed by atoms with E-state index in [9.17, 15) is 9.59 Å². The maximum Gasteiger partial charge on any atom is 0.252 e. The number of pyridine rings is 1. The largest absolute Gasteiger partial charge is 0.350 e. The third kappa shape index (κ3) is 4.89. The highest BCUT2D eigenvalue weighted by Gasteiger charge is 2.15. The normalized spacial score (nSPS) is 16.7. The van der Waals surface area contributed by atoms with Crippen LogP contribution in [-0.2, 0) is 0 Å². The van der Waals surface area contributed by atoms with Gasteiger partial charge in [0.05, 0.1) is 5.56 Å². The number of nitrogens with one attached hydrogen (secondary N) is 3. The number of hydrogen-bond acceptors (Lipinski definition) is 4. The van der Waals surface area contributed by atoms with Gasteiger partial charge in [0.1, 0.15) is 0 Å². The van der Waals surface area contributed by atoms with Gasteiger partial charge in [0.2, 0.25) is 0 Å². The van der Waals surface area contributed by atoms with Crippen LogP contribution in [0.2, 0.25) is 0 Å². The molecular weight excluding hydrogens is 328 g/mol. The van der Waals surface area contributed by atoms with Gasteiger partial charge in [0.25, 0.3) is 11.8 Å². The molecule has 0 aliphatic carbocycles. The van der Waals surface area contributed by atoms with Crippen LogP contribution >= 0.6 is 0 Å². The number of benzene rings is 1. The van der Waals surface area contributed by atoms with E-state index in [0.717, 1.165) is 13.1 Å². The van der Waals surface area contributed by atoms with E-state index in [1.165, 1.54) is 24.6 Å². The first kappa shape index (κ1) is 18.1. The number of piperidine rings is 1. The van der Waals surface area contributed by atoms with Gasteiger partial charge in [-0.15, -0.1) is 0 Å². The topological polar surface area (TPSA) is 83.1 Å². The number of aromatic nitrogens is 1. The van der Waals surface area contributed by atoms with Crippen LogP contribution in [0.25, 0.3) is 0 Å². The van der Waals surface area contributed by atoms with E-state index in [4.69, 9.17) is 0 Å². The Bertz CT molecular complexity index is 725. The molecule has 6 heteroatoms. The molecule has 1 aromatic heterocycles. The number of hydrogen-bond donors (Lipinski definition) is 3. The first-order valence-electron chi connectivity index (χ1n) is 9.01. The van der Waals surface area contributed by atoms with Gasteiger partial charge < -0.3 is 16.0 Å². The maximum absolute atomic E-state index is 12.2. The summed E-state index contributed by atoms with van der Waals surface area (Å²) in [4.78, 5) is 28.0. The summed E-state index contributed by atoms with van der Waals surface area (Å²) in [5, 5.41) is 8.99. The van der Waals surface area contributed by atoms with Crippen molar-refractivity contribution in [3.8, 4) is 0 Å². The molecule has 0 saturated carbocycles. The molecule has 3 rings (SSSR count). The fourth-order valence-electron chi connectivity index (χ4n) is 3.10. The SMILES string of the molecule is O=C(NCCNC(=O)c1cccnc1)c1ccc(C2CCCNC2)cc1. The molecule has 3 N–H and O–H groups in total. The molecule has 2 amide bonds. The molecule has 1 aromatic carbocycles. The number of carbonyl (C=O) groups is 2. The fraction of sp³-hybridized carbons (Fsp3) is 0.350. The van der Waals surface area contributed by atoms with E-state index in [0.29, 0.717) is 30.1 Å². The van der Waals surface area contributed by atoms with Crippen molar-refractivity contribution >= 4 is 11.8 Å². The fourth-order valence-corrected chi connectivity index (χ4v) is 3.10. The highest BCUT2D eigenvalue weighted by atomic mass is 16.2. The molecule has 0 radical (unpaired) electrons. The predicted molar refractivity (Wildman–Crippen MR) is 100 cm³/mol. The third-order valence-electron chi connectivity index (χ3n) is 4.56. The van der Waals surface area contributed by atoms with Crippen molar-refractivity contribution in [3.63, 3.8) is 0 Å². The highest BCUT2D eigenvalue weighted by Crippen LogP contribution is 2.23. The number of nitrogens with zero attached hydrogens (tertiary/aromatic N) is 1. The van der Waals surface area contributed by atoms with Crippen LogP contribution in [0.1, 0.15) is 45.0 Å². The van der Waals surface area contributed by atoms with E-state index >= 15 is 0 Å². The first-order chi connectivity index (χ1) is 12.7. The molecule has 1 atom stereocenters. The summed E-state index contributed by atoms with van der Waals surface area (Å²) in [5.41, 5.74) is 2.42. The van der Waals surface area contributed by atoms with Gasteiger partial charge in [-0.3, -0.25) is 14.6 Å². The summed E-state index contributed by atoms with van der Waals surface area (Å²) in [6, 6.07) is 11.2. The molecule has 2 heterocycles. The number of amides is 2. The van der Waals surface area contributed by atoms with Crippen molar-refractivity contribution in [2.75, 3.05) is 26.2 Å². The predicted octanol–water partition coefficient (Wildman–Crippen LogP) is 1.71. The minimum absolute atomic E-state index is 0.131. The molecule has 1 aliphatic rings.